The van der Waals surface area contributed by atoms with Gasteiger partial charge >= 0.3 is 0 Å². The number of fused-ring (bicyclic) bond motifs is 1. The van der Waals surface area contributed by atoms with E-state index in [1.807, 2.05) is 89.2 Å². The maximum absolute atomic E-state index is 14.2. The van der Waals surface area contributed by atoms with Crippen LogP contribution in [0, 0.1) is 44.7 Å². The molecule has 5 aromatic carbocycles. The number of aromatic nitrogens is 1. The Kier molecular flexibility index (Phi) is 10.2. The van der Waals surface area contributed by atoms with Gasteiger partial charge in [-0.1, -0.05) is 47.7 Å². The number of thiocarbonyl (C=S) groups is 1. The molecule has 1 aromatic heterocycles. The fourth-order valence-corrected chi connectivity index (χ4v) is 8.92. The molecule has 2 heterocycles. The van der Waals surface area contributed by atoms with Gasteiger partial charge in [-0.15, -0.1) is 11.3 Å². The Bertz CT molecular complexity index is 2520. The first-order valence-corrected chi connectivity index (χ1v) is 19.1. The lowest BCUT2D eigenvalue weighted by Gasteiger charge is -2.37. The number of anilines is 3. The van der Waals surface area contributed by atoms with Crippen molar-refractivity contribution in [2.45, 2.75) is 43.9 Å². The molecule has 0 bridgehead atoms. The van der Waals surface area contributed by atoms with Crippen LogP contribution in [0.25, 0.3) is 16.3 Å². The number of aryl methyl sites for hydroxylation is 5. The predicted octanol–water partition coefficient (Wildman–Crippen LogP) is 9.90. The summed E-state index contributed by atoms with van der Waals surface area (Å²) in [6.07, 6.45) is 1.38. The van der Waals surface area contributed by atoms with Crippen LogP contribution in [0.4, 0.5) is 22.7 Å². The Labute approximate surface area is 330 Å². The highest BCUT2D eigenvalue weighted by molar-refractivity contribution is 8.01. The summed E-state index contributed by atoms with van der Waals surface area (Å²) in [5, 5.41) is 15.4. The van der Waals surface area contributed by atoms with Crippen molar-refractivity contribution in [3.05, 3.63) is 152 Å². The van der Waals surface area contributed by atoms with E-state index in [1.54, 1.807) is 36.4 Å². The molecule has 55 heavy (non-hydrogen) atoms. The largest absolute Gasteiger partial charge is 0.322 e. The summed E-state index contributed by atoms with van der Waals surface area (Å²) < 4.78 is 1.35. The van der Waals surface area contributed by atoms with Crippen LogP contribution in [-0.4, -0.2) is 32.7 Å². The lowest BCUT2D eigenvalue weighted by Crippen LogP contribution is -2.57. The van der Waals surface area contributed by atoms with Gasteiger partial charge in [-0.3, -0.25) is 34.3 Å². The molecule has 0 unspecified atom stereocenters. The zero-order valence-electron chi connectivity index (χ0n) is 30.4. The van der Waals surface area contributed by atoms with Crippen LogP contribution in [0.3, 0.4) is 0 Å². The highest BCUT2D eigenvalue weighted by Crippen LogP contribution is 2.40. The lowest BCUT2D eigenvalue weighted by molar-refractivity contribution is -0.387. The minimum absolute atomic E-state index is 0.0106. The minimum atomic E-state index is -0.634. The lowest BCUT2D eigenvalue weighted by atomic mass is 10.0. The average Bonchev–Trinajstić information content (AvgIpc) is 3.51. The Morgan fingerprint density at radius 1 is 0.782 bits per heavy atom. The number of carbonyl (C=O) groups excluding carboxylic acids is 3. The van der Waals surface area contributed by atoms with Crippen molar-refractivity contribution in [2.75, 3.05) is 15.1 Å². The number of nitrogens with one attached hydrogen (secondary N) is 1. The van der Waals surface area contributed by atoms with Crippen molar-refractivity contribution in [2.24, 2.45) is 0 Å². The summed E-state index contributed by atoms with van der Waals surface area (Å²) in [5.41, 5.74) is 7.41. The van der Waals surface area contributed by atoms with E-state index in [9.17, 15) is 24.5 Å². The SMILES string of the molecule is Cc1ccc(C(=O)Nc2ccc3nc(Sc4ccc(C=C5C(=O)N(c6cc(C)cc(C)c6)C(=S)N(c6cc(C)cc(C)c6)C5=O)cc4[N+](=O)[O-])sc3c2)cc1. The number of hydrogen-bond acceptors (Lipinski definition) is 9. The zero-order valence-corrected chi connectivity index (χ0v) is 32.8. The average molecular weight is 784 g/mol. The normalized spacial score (nSPS) is 13.1. The second-order valence-electron chi connectivity index (χ2n) is 13.4. The monoisotopic (exact) mass is 783 g/mol. The van der Waals surface area contributed by atoms with Crippen LogP contribution < -0.4 is 15.1 Å². The van der Waals surface area contributed by atoms with E-state index in [1.165, 1.54) is 33.3 Å². The predicted molar refractivity (Wildman–Crippen MR) is 223 cm³/mol. The molecule has 0 atom stereocenters. The van der Waals surface area contributed by atoms with Crippen molar-refractivity contribution < 1.29 is 19.3 Å². The van der Waals surface area contributed by atoms with Crippen LogP contribution >= 0.6 is 35.3 Å². The van der Waals surface area contributed by atoms with Gasteiger partial charge in [0.1, 0.15) is 5.57 Å². The quantitative estimate of drug-likeness (QED) is 0.0532. The summed E-state index contributed by atoms with van der Waals surface area (Å²) in [4.78, 5) is 60.8. The van der Waals surface area contributed by atoms with Gasteiger partial charge in [-0.05, 0) is 141 Å². The number of hydrogen-bond donors (Lipinski definition) is 1. The van der Waals surface area contributed by atoms with Gasteiger partial charge in [0.15, 0.2) is 9.45 Å². The number of nitro groups is 1. The third kappa shape index (κ3) is 7.81. The van der Waals surface area contributed by atoms with Crippen molar-refractivity contribution in [1.82, 2.24) is 4.98 Å². The Morgan fingerprint density at radius 3 is 1.93 bits per heavy atom. The molecule has 13 heteroatoms. The van der Waals surface area contributed by atoms with Gasteiger partial charge < -0.3 is 5.32 Å². The van der Waals surface area contributed by atoms with Gasteiger partial charge in [0.05, 0.1) is 31.4 Å². The highest BCUT2D eigenvalue weighted by atomic mass is 32.2. The molecule has 0 spiro atoms. The number of nitro benzene ring substituents is 1. The number of thiazole rings is 1. The number of benzene rings is 5. The molecule has 6 aromatic rings. The van der Waals surface area contributed by atoms with Crippen molar-refractivity contribution in [3.8, 4) is 0 Å². The van der Waals surface area contributed by atoms with E-state index >= 15 is 0 Å². The van der Waals surface area contributed by atoms with Crippen LogP contribution in [0.5, 0.6) is 0 Å². The fourth-order valence-electron chi connectivity index (χ4n) is 6.39. The first-order chi connectivity index (χ1) is 26.2. The smallest absolute Gasteiger partial charge is 0.283 e. The maximum atomic E-state index is 14.2. The zero-order chi connectivity index (χ0) is 39.1. The first kappa shape index (κ1) is 37.3. The molecule has 1 saturated heterocycles. The summed E-state index contributed by atoms with van der Waals surface area (Å²) in [6, 6.07) is 28.5. The van der Waals surface area contributed by atoms with Gasteiger partial charge in [0.2, 0.25) is 0 Å². The van der Waals surface area contributed by atoms with Gasteiger partial charge in [0, 0.05) is 17.3 Å². The van der Waals surface area contributed by atoms with Gasteiger partial charge in [-0.25, -0.2) is 4.98 Å². The summed E-state index contributed by atoms with van der Waals surface area (Å²) >= 11 is 8.30. The topological polar surface area (TPSA) is 126 Å². The van der Waals surface area contributed by atoms with E-state index < -0.39 is 16.7 Å². The number of amides is 3. The molecule has 0 saturated carbocycles. The molecular weight excluding hydrogens is 751 g/mol. The molecule has 1 aliphatic heterocycles. The standard InChI is InChI=1S/C42H33N5O5S3/c1-23-6-9-29(10-7-23)38(48)43-30-11-12-34-37(22-30)55-41(44-34)54-36-13-8-28(21-35(36)47(51)52)20-33-39(49)45(31-16-24(2)14-25(3)17-31)42(53)46(40(33)50)32-18-26(4)15-27(5)19-32/h6-22H,1-5H3,(H,43,48). The molecule has 1 N–H and O–H groups in total. The van der Waals surface area contributed by atoms with E-state index in [0.29, 0.717) is 42.9 Å². The molecule has 3 amide bonds. The molecule has 10 nitrogen and oxygen atoms in total. The van der Waals surface area contributed by atoms with Gasteiger partial charge in [0.25, 0.3) is 23.4 Å². The third-order valence-corrected chi connectivity index (χ3v) is 11.3. The van der Waals surface area contributed by atoms with Crippen molar-refractivity contribution in [1.29, 1.82) is 0 Å². The number of rotatable bonds is 8. The maximum Gasteiger partial charge on any atom is 0.283 e. The minimum Gasteiger partial charge on any atom is -0.322 e. The fraction of sp³-hybridized carbons (Fsp3) is 0.119. The van der Waals surface area contributed by atoms with Crippen LogP contribution in [0.2, 0.25) is 0 Å². The summed E-state index contributed by atoms with van der Waals surface area (Å²) in [5.74, 6) is -1.50. The Hall–Kier alpha value is -6.02. The molecule has 274 valence electrons. The van der Waals surface area contributed by atoms with Crippen molar-refractivity contribution >= 4 is 97.2 Å². The second kappa shape index (κ2) is 15.0. The number of nitrogens with zero attached hydrogens (tertiary/aromatic N) is 4. The Balaban J connectivity index is 1.21. The number of carbonyl (C=O) groups is 3. The molecular formula is C42H33N5O5S3. The van der Waals surface area contributed by atoms with Crippen LogP contribution in [0.1, 0.15) is 43.7 Å². The van der Waals surface area contributed by atoms with E-state index in [0.717, 1.165) is 44.3 Å². The summed E-state index contributed by atoms with van der Waals surface area (Å²) in [7, 11) is 0. The Morgan fingerprint density at radius 2 is 1.36 bits per heavy atom. The van der Waals surface area contributed by atoms with E-state index in [4.69, 9.17) is 12.2 Å². The second-order valence-corrected chi connectivity index (χ2v) is 16.1. The highest BCUT2D eigenvalue weighted by Gasteiger charge is 2.41. The van der Waals surface area contributed by atoms with Crippen LogP contribution in [0.15, 0.2) is 112 Å². The van der Waals surface area contributed by atoms with Gasteiger partial charge in [-0.2, -0.15) is 0 Å². The third-order valence-electron chi connectivity index (χ3n) is 8.81. The molecule has 1 fully saturated rings. The van der Waals surface area contributed by atoms with E-state index in [2.05, 4.69) is 10.3 Å². The molecule has 0 aliphatic carbocycles. The van der Waals surface area contributed by atoms with E-state index in [-0.39, 0.29) is 22.3 Å². The molecule has 7 rings (SSSR count). The molecule has 0 radical (unpaired) electrons. The van der Waals surface area contributed by atoms with Crippen molar-refractivity contribution in [3.63, 3.8) is 0 Å². The summed E-state index contributed by atoms with van der Waals surface area (Å²) in [6.45, 7) is 9.60. The molecule has 1 aliphatic rings. The first-order valence-electron chi connectivity index (χ1n) is 17.1. The van der Waals surface area contributed by atoms with Crippen LogP contribution in [-0.2, 0) is 9.59 Å².